The first-order valence-electron chi connectivity index (χ1n) is 21.9. The molecule has 0 saturated carbocycles. The molecule has 0 unspecified atom stereocenters. The lowest BCUT2D eigenvalue weighted by atomic mass is 9.90. The van der Waals surface area contributed by atoms with Gasteiger partial charge in [0, 0.05) is 27.6 Å². The van der Waals surface area contributed by atoms with Gasteiger partial charge in [0.1, 0.15) is 11.2 Å². The zero-order valence-corrected chi connectivity index (χ0v) is 35.0. The predicted octanol–water partition coefficient (Wildman–Crippen LogP) is 17.7. The molecular weight excluding hydrogens is 775 g/mol. The number of para-hydroxylation sites is 2. The highest BCUT2D eigenvalue weighted by molar-refractivity contribution is 6.10. The molecule has 12 aromatic rings. The number of anilines is 3. The van der Waals surface area contributed by atoms with E-state index in [0.29, 0.717) is 0 Å². The molecule has 0 N–H and O–H groups in total. The molecule has 0 atom stereocenters. The topological polar surface area (TPSA) is 16.4 Å². The Morgan fingerprint density at radius 2 is 0.828 bits per heavy atom. The van der Waals surface area contributed by atoms with Crippen molar-refractivity contribution in [2.24, 2.45) is 0 Å². The van der Waals surface area contributed by atoms with E-state index in [0.717, 1.165) is 72.4 Å². The number of hydrogen-bond acceptors (Lipinski definition) is 2. The Bertz CT molecular complexity index is 3650. The number of fused-ring (bicyclic) bond motifs is 5. The lowest BCUT2D eigenvalue weighted by Gasteiger charge is -2.31. The second-order valence-electron chi connectivity index (χ2n) is 16.4. The van der Waals surface area contributed by atoms with Crippen molar-refractivity contribution in [3.8, 4) is 55.6 Å². The van der Waals surface area contributed by atoms with Crippen LogP contribution in [0, 0.1) is 0 Å². The van der Waals surface area contributed by atoms with Gasteiger partial charge in [0.15, 0.2) is 0 Å². The molecular formula is C62H41NO. The molecule has 0 aliphatic rings. The smallest absolute Gasteiger partial charge is 0.136 e. The minimum atomic E-state index is 0.890. The summed E-state index contributed by atoms with van der Waals surface area (Å²) in [5.74, 6) is 0. The summed E-state index contributed by atoms with van der Waals surface area (Å²) in [6.07, 6.45) is 0. The average molecular weight is 816 g/mol. The first-order valence-corrected chi connectivity index (χ1v) is 21.9. The second-order valence-corrected chi connectivity index (χ2v) is 16.4. The molecule has 0 saturated heterocycles. The fraction of sp³-hybridized carbons (Fsp3) is 0. The third-order valence-electron chi connectivity index (χ3n) is 12.7. The molecule has 0 spiro atoms. The van der Waals surface area contributed by atoms with Gasteiger partial charge in [-0.3, -0.25) is 0 Å². The van der Waals surface area contributed by atoms with Crippen molar-refractivity contribution in [1.82, 2.24) is 0 Å². The average Bonchev–Trinajstić information content (AvgIpc) is 3.75. The van der Waals surface area contributed by atoms with Crippen LogP contribution in [-0.2, 0) is 0 Å². The van der Waals surface area contributed by atoms with Crippen LogP contribution in [0.5, 0.6) is 0 Å². The first-order chi connectivity index (χ1) is 31.7. The Morgan fingerprint density at radius 3 is 1.62 bits per heavy atom. The monoisotopic (exact) mass is 815 g/mol. The van der Waals surface area contributed by atoms with Crippen LogP contribution in [-0.4, -0.2) is 0 Å². The van der Waals surface area contributed by atoms with Crippen molar-refractivity contribution in [2.75, 3.05) is 4.90 Å². The van der Waals surface area contributed by atoms with E-state index < -0.39 is 0 Å². The van der Waals surface area contributed by atoms with Crippen LogP contribution in [0.2, 0.25) is 0 Å². The molecule has 0 aliphatic heterocycles. The highest BCUT2D eigenvalue weighted by Crippen LogP contribution is 2.49. The van der Waals surface area contributed by atoms with E-state index >= 15 is 0 Å². The maximum Gasteiger partial charge on any atom is 0.136 e. The van der Waals surface area contributed by atoms with Crippen LogP contribution in [0.15, 0.2) is 253 Å². The Morgan fingerprint density at radius 1 is 0.266 bits per heavy atom. The molecule has 64 heavy (non-hydrogen) atoms. The molecule has 1 heterocycles. The molecule has 300 valence electrons. The number of furan rings is 1. The fourth-order valence-corrected chi connectivity index (χ4v) is 9.66. The van der Waals surface area contributed by atoms with E-state index in [9.17, 15) is 0 Å². The maximum absolute atomic E-state index is 6.34. The summed E-state index contributed by atoms with van der Waals surface area (Å²) >= 11 is 0. The summed E-state index contributed by atoms with van der Waals surface area (Å²) < 4.78 is 6.34. The Hall–Kier alpha value is -8.46. The minimum absolute atomic E-state index is 0.890. The van der Waals surface area contributed by atoms with Gasteiger partial charge in [-0.25, -0.2) is 0 Å². The summed E-state index contributed by atoms with van der Waals surface area (Å²) in [4.78, 5) is 2.47. The van der Waals surface area contributed by atoms with E-state index in [4.69, 9.17) is 4.42 Å². The molecule has 0 fully saturated rings. The van der Waals surface area contributed by atoms with Gasteiger partial charge in [-0.1, -0.05) is 206 Å². The largest absolute Gasteiger partial charge is 0.456 e. The highest BCUT2D eigenvalue weighted by Gasteiger charge is 2.23. The fourth-order valence-electron chi connectivity index (χ4n) is 9.66. The Kier molecular flexibility index (Phi) is 9.20. The Balaban J connectivity index is 1.10. The van der Waals surface area contributed by atoms with Crippen LogP contribution in [0.25, 0.3) is 99.1 Å². The SMILES string of the molecule is c1ccc(-c2ccc(-c3cccc4ccccc34)cc2N(c2ccc(-c3ccc4c(c3)oc3ccccc34)cc2)c2ccccc2-c2cccc3cccc(-c4ccccc4)c23)cc1. The van der Waals surface area contributed by atoms with Crippen LogP contribution in [0.1, 0.15) is 0 Å². The van der Waals surface area contributed by atoms with Crippen molar-refractivity contribution in [1.29, 1.82) is 0 Å². The number of benzene rings is 11. The molecule has 2 heteroatoms. The second kappa shape index (κ2) is 15.8. The van der Waals surface area contributed by atoms with Crippen molar-refractivity contribution in [3.05, 3.63) is 249 Å². The number of hydrogen-bond donors (Lipinski definition) is 0. The molecule has 0 radical (unpaired) electrons. The van der Waals surface area contributed by atoms with E-state index in [-0.39, 0.29) is 0 Å². The Labute approximate surface area is 372 Å². The molecule has 12 rings (SSSR count). The van der Waals surface area contributed by atoms with Crippen molar-refractivity contribution in [2.45, 2.75) is 0 Å². The van der Waals surface area contributed by atoms with Crippen LogP contribution < -0.4 is 4.90 Å². The third-order valence-corrected chi connectivity index (χ3v) is 12.7. The summed E-state index contributed by atoms with van der Waals surface area (Å²) in [5, 5.41) is 7.14. The normalized spacial score (nSPS) is 11.4. The lowest BCUT2D eigenvalue weighted by Crippen LogP contribution is -2.13. The molecule has 0 bridgehead atoms. The van der Waals surface area contributed by atoms with E-state index in [1.807, 2.05) is 12.1 Å². The maximum atomic E-state index is 6.34. The zero-order valence-electron chi connectivity index (χ0n) is 35.0. The van der Waals surface area contributed by atoms with Gasteiger partial charge in [0.05, 0.1) is 11.4 Å². The number of nitrogens with zero attached hydrogens (tertiary/aromatic N) is 1. The summed E-state index contributed by atoms with van der Waals surface area (Å²) in [5.41, 5.74) is 16.6. The van der Waals surface area contributed by atoms with E-state index in [2.05, 4.69) is 241 Å². The van der Waals surface area contributed by atoms with E-state index in [1.54, 1.807) is 0 Å². The summed E-state index contributed by atoms with van der Waals surface area (Å²) in [7, 11) is 0. The summed E-state index contributed by atoms with van der Waals surface area (Å²) in [6, 6.07) is 89.9. The van der Waals surface area contributed by atoms with Crippen LogP contribution in [0.4, 0.5) is 17.1 Å². The molecule has 1 aromatic heterocycles. The van der Waals surface area contributed by atoms with Crippen LogP contribution >= 0.6 is 0 Å². The van der Waals surface area contributed by atoms with Crippen molar-refractivity contribution < 1.29 is 4.42 Å². The molecule has 0 amide bonds. The van der Waals surface area contributed by atoms with Gasteiger partial charge in [0.2, 0.25) is 0 Å². The number of rotatable bonds is 8. The standard InChI is InChI=1S/C62H41NO/c1-3-16-44(17-4-1)52-38-35-48(51-27-13-21-43-20-7-8-24-50(43)51)40-59(52)63(49-36-32-42(33-37-49)47-34-39-56-55-26-10-12-31-60(55)64-61(56)41-47)58-30-11-9-25-54(58)57-29-15-23-46-22-14-28-53(62(46)57)45-18-5-2-6-19-45/h1-41H. The van der Waals surface area contributed by atoms with Crippen molar-refractivity contribution >= 4 is 60.5 Å². The highest BCUT2D eigenvalue weighted by atomic mass is 16.3. The summed E-state index contributed by atoms with van der Waals surface area (Å²) in [6.45, 7) is 0. The van der Waals surface area contributed by atoms with Crippen LogP contribution in [0.3, 0.4) is 0 Å². The lowest BCUT2D eigenvalue weighted by molar-refractivity contribution is 0.669. The third kappa shape index (κ3) is 6.52. The van der Waals surface area contributed by atoms with Gasteiger partial charge in [-0.05, 0) is 109 Å². The van der Waals surface area contributed by atoms with Gasteiger partial charge >= 0.3 is 0 Å². The quantitative estimate of drug-likeness (QED) is 0.152. The van der Waals surface area contributed by atoms with Gasteiger partial charge < -0.3 is 9.32 Å². The molecule has 11 aromatic carbocycles. The van der Waals surface area contributed by atoms with Gasteiger partial charge in [-0.2, -0.15) is 0 Å². The molecule has 2 nitrogen and oxygen atoms in total. The van der Waals surface area contributed by atoms with Crippen molar-refractivity contribution in [3.63, 3.8) is 0 Å². The molecule has 0 aliphatic carbocycles. The van der Waals surface area contributed by atoms with Gasteiger partial charge in [-0.15, -0.1) is 0 Å². The zero-order chi connectivity index (χ0) is 42.4. The predicted molar refractivity (Wildman–Crippen MR) is 271 cm³/mol. The van der Waals surface area contributed by atoms with E-state index in [1.165, 1.54) is 43.8 Å². The minimum Gasteiger partial charge on any atom is -0.456 e. The first kappa shape index (κ1) is 37.3. The van der Waals surface area contributed by atoms with Gasteiger partial charge in [0.25, 0.3) is 0 Å².